The van der Waals surface area contributed by atoms with Gasteiger partial charge in [-0.2, -0.15) is 0 Å². The topological polar surface area (TPSA) is 84.5 Å². The highest BCUT2D eigenvalue weighted by Gasteiger charge is 2.27. The molecule has 1 fully saturated rings. The Morgan fingerprint density at radius 1 is 1.44 bits per heavy atom. The largest absolute Gasteiger partial charge is 0.496 e. The Morgan fingerprint density at radius 2 is 2.24 bits per heavy atom. The predicted octanol–water partition coefficient (Wildman–Crippen LogP) is 1.23. The summed E-state index contributed by atoms with van der Waals surface area (Å²) in [5, 5.41) is 0. The lowest BCUT2D eigenvalue weighted by molar-refractivity contribution is -0.138. The molecule has 0 spiro atoms. The number of benzene rings is 1. The molecule has 0 unspecified atom stereocenters. The lowest BCUT2D eigenvalue weighted by Gasteiger charge is -2.32. The number of aromatic amines is 1. The molecule has 132 valence electrons. The molecule has 1 aliphatic rings. The minimum atomic E-state index is -0.428. The molecule has 0 bridgehead atoms. The van der Waals surface area contributed by atoms with Crippen LogP contribution in [0.3, 0.4) is 0 Å². The first-order chi connectivity index (χ1) is 12.1. The summed E-state index contributed by atoms with van der Waals surface area (Å²) in [5.41, 5.74) is 1.25. The first kappa shape index (κ1) is 17.2. The van der Waals surface area contributed by atoms with Gasteiger partial charge in [-0.1, -0.05) is 18.2 Å². The van der Waals surface area contributed by atoms with Gasteiger partial charge in [0.1, 0.15) is 17.7 Å². The van der Waals surface area contributed by atoms with Gasteiger partial charge in [0.25, 0.3) is 5.56 Å². The molecule has 1 N–H and O–H groups in total. The van der Waals surface area contributed by atoms with Crippen molar-refractivity contribution in [2.45, 2.75) is 19.4 Å². The highest BCUT2D eigenvalue weighted by Crippen LogP contribution is 2.22. The quantitative estimate of drug-likeness (QED) is 0.903. The number of ether oxygens (including phenoxy) is 2. The van der Waals surface area contributed by atoms with Gasteiger partial charge >= 0.3 is 0 Å². The Hall–Kier alpha value is -2.67. The van der Waals surface area contributed by atoms with Gasteiger partial charge in [0, 0.05) is 23.9 Å². The summed E-state index contributed by atoms with van der Waals surface area (Å²) in [6.07, 6.45) is -0.169. The number of methoxy groups -OCH3 is 1. The molecule has 1 atom stereocenters. The summed E-state index contributed by atoms with van der Waals surface area (Å²) in [6, 6.07) is 8.91. The number of carbonyl (C=O) groups excluding carboxylic acids is 1. The fraction of sp³-hybridized carbons (Fsp3) is 0.389. The van der Waals surface area contributed by atoms with Gasteiger partial charge < -0.3 is 19.4 Å². The van der Waals surface area contributed by atoms with Gasteiger partial charge in [-0.05, 0) is 13.0 Å². The lowest BCUT2D eigenvalue weighted by Crippen LogP contribution is -2.43. The Bertz CT molecular complexity index is 818. The maximum atomic E-state index is 12.7. The van der Waals surface area contributed by atoms with Crippen molar-refractivity contribution in [1.82, 2.24) is 14.9 Å². The van der Waals surface area contributed by atoms with Crippen molar-refractivity contribution >= 4 is 5.91 Å². The highest BCUT2D eigenvalue weighted by atomic mass is 16.5. The summed E-state index contributed by atoms with van der Waals surface area (Å²) in [4.78, 5) is 33.1. The Kier molecular flexibility index (Phi) is 5.14. The van der Waals surface area contributed by atoms with Gasteiger partial charge in [0.15, 0.2) is 0 Å². The van der Waals surface area contributed by atoms with Crippen molar-refractivity contribution in [2.75, 3.05) is 26.8 Å². The first-order valence-corrected chi connectivity index (χ1v) is 8.16. The third-order valence-electron chi connectivity index (χ3n) is 4.15. The molecule has 2 aromatic rings. The third kappa shape index (κ3) is 4.06. The molecule has 0 aliphatic carbocycles. The van der Waals surface area contributed by atoms with Crippen LogP contribution in [0.15, 0.2) is 35.1 Å². The number of rotatable bonds is 4. The Balaban J connectivity index is 1.72. The second-order valence-electron chi connectivity index (χ2n) is 5.96. The van der Waals surface area contributed by atoms with E-state index in [1.54, 1.807) is 18.9 Å². The van der Waals surface area contributed by atoms with E-state index in [4.69, 9.17) is 9.47 Å². The maximum Gasteiger partial charge on any atom is 0.251 e. The predicted molar refractivity (Wildman–Crippen MR) is 91.6 cm³/mol. The third-order valence-corrected chi connectivity index (χ3v) is 4.15. The van der Waals surface area contributed by atoms with E-state index in [0.717, 1.165) is 5.56 Å². The van der Waals surface area contributed by atoms with Gasteiger partial charge in [-0.3, -0.25) is 9.59 Å². The van der Waals surface area contributed by atoms with Crippen LogP contribution in [0.2, 0.25) is 0 Å². The van der Waals surface area contributed by atoms with E-state index in [9.17, 15) is 9.59 Å². The second-order valence-corrected chi connectivity index (χ2v) is 5.96. The minimum absolute atomic E-state index is 0.00667. The van der Waals surface area contributed by atoms with Crippen LogP contribution in [-0.2, 0) is 16.0 Å². The average molecular weight is 343 g/mol. The Labute approximate surface area is 145 Å². The first-order valence-electron chi connectivity index (χ1n) is 8.16. The Morgan fingerprint density at radius 3 is 3.00 bits per heavy atom. The number of nitrogens with zero attached hydrogens (tertiary/aromatic N) is 2. The molecule has 3 rings (SSSR count). The lowest BCUT2D eigenvalue weighted by atomic mass is 10.1. The number of hydrogen-bond acceptors (Lipinski definition) is 5. The molecule has 7 nitrogen and oxygen atoms in total. The summed E-state index contributed by atoms with van der Waals surface area (Å²) < 4.78 is 11.0. The van der Waals surface area contributed by atoms with E-state index < -0.39 is 6.10 Å². The SMILES string of the molecule is COc1ccccc1CC(=O)N1CCO[C@@H](c2nc(C)cc(=O)[nH]2)C1. The van der Waals surface area contributed by atoms with Crippen molar-refractivity contribution < 1.29 is 14.3 Å². The van der Waals surface area contributed by atoms with Gasteiger partial charge in [0.05, 0.1) is 26.7 Å². The number of aryl methyl sites for hydroxylation is 1. The summed E-state index contributed by atoms with van der Waals surface area (Å²) in [7, 11) is 1.59. The molecule has 0 saturated carbocycles. The van der Waals surface area contributed by atoms with E-state index in [1.165, 1.54) is 6.07 Å². The molecule has 1 aliphatic heterocycles. The van der Waals surface area contributed by atoms with Crippen LogP contribution in [0, 0.1) is 6.92 Å². The van der Waals surface area contributed by atoms with Crippen LogP contribution in [0.25, 0.3) is 0 Å². The van der Waals surface area contributed by atoms with Crippen molar-refractivity contribution in [2.24, 2.45) is 0 Å². The number of carbonyl (C=O) groups is 1. The minimum Gasteiger partial charge on any atom is -0.496 e. The van der Waals surface area contributed by atoms with E-state index in [1.807, 2.05) is 24.3 Å². The number of nitrogens with one attached hydrogen (secondary N) is 1. The van der Waals surface area contributed by atoms with E-state index in [-0.39, 0.29) is 17.9 Å². The van der Waals surface area contributed by atoms with Crippen molar-refractivity contribution in [3.05, 3.63) is 57.8 Å². The molecule has 1 saturated heterocycles. The van der Waals surface area contributed by atoms with Gasteiger partial charge in [-0.15, -0.1) is 0 Å². The average Bonchev–Trinajstić information content (AvgIpc) is 2.61. The smallest absolute Gasteiger partial charge is 0.251 e. The molecule has 7 heteroatoms. The highest BCUT2D eigenvalue weighted by molar-refractivity contribution is 5.79. The van der Waals surface area contributed by atoms with Crippen LogP contribution >= 0.6 is 0 Å². The molecule has 1 amide bonds. The number of morpholine rings is 1. The number of H-pyrrole nitrogens is 1. The van der Waals surface area contributed by atoms with E-state index >= 15 is 0 Å². The van der Waals surface area contributed by atoms with Crippen LogP contribution in [0.5, 0.6) is 5.75 Å². The van der Waals surface area contributed by atoms with E-state index in [2.05, 4.69) is 9.97 Å². The fourth-order valence-corrected chi connectivity index (χ4v) is 2.92. The number of para-hydroxylation sites is 1. The van der Waals surface area contributed by atoms with Crippen LogP contribution < -0.4 is 10.3 Å². The molecular formula is C18H21N3O4. The molecule has 1 aromatic heterocycles. The zero-order chi connectivity index (χ0) is 17.8. The summed E-state index contributed by atoms with van der Waals surface area (Å²) in [5.74, 6) is 1.15. The summed E-state index contributed by atoms with van der Waals surface area (Å²) in [6.45, 7) is 3.03. The van der Waals surface area contributed by atoms with Crippen molar-refractivity contribution in [3.63, 3.8) is 0 Å². The van der Waals surface area contributed by atoms with Gasteiger partial charge in [0.2, 0.25) is 5.91 Å². The van der Waals surface area contributed by atoms with Crippen molar-refractivity contribution in [3.8, 4) is 5.75 Å². The molecule has 0 radical (unpaired) electrons. The molecule has 2 heterocycles. The molecule has 25 heavy (non-hydrogen) atoms. The summed E-state index contributed by atoms with van der Waals surface area (Å²) >= 11 is 0. The van der Waals surface area contributed by atoms with Crippen LogP contribution in [0.4, 0.5) is 0 Å². The fourth-order valence-electron chi connectivity index (χ4n) is 2.92. The zero-order valence-electron chi connectivity index (χ0n) is 14.3. The number of aromatic nitrogens is 2. The van der Waals surface area contributed by atoms with Crippen LogP contribution in [0.1, 0.15) is 23.2 Å². The van der Waals surface area contributed by atoms with E-state index in [0.29, 0.717) is 37.0 Å². The van der Waals surface area contributed by atoms with Gasteiger partial charge in [-0.25, -0.2) is 4.98 Å². The second kappa shape index (κ2) is 7.48. The molecule has 1 aromatic carbocycles. The number of amides is 1. The maximum absolute atomic E-state index is 12.7. The van der Waals surface area contributed by atoms with Crippen LogP contribution in [-0.4, -0.2) is 47.6 Å². The standard InChI is InChI=1S/C18H21N3O4/c1-12-9-16(22)20-18(19-12)15-11-21(7-8-25-15)17(23)10-13-5-3-4-6-14(13)24-2/h3-6,9,15H,7-8,10-11H2,1-2H3,(H,19,20,22)/t15-/m1/s1. The zero-order valence-corrected chi connectivity index (χ0v) is 14.3. The van der Waals surface area contributed by atoms with Crippen molar-refractivity contribution in [1.29, 1.82) is 0 Å². The number of hydrogen-bond donors (Lipinski definition) is 1. The monoisotopic (exact) mass is 343 g/mol. The normalized spacial score (nSPS) is 17.4. The molecular weight excluding hydrogens is 322 g/mol.